The van der Waals surface area contributed by atoms with Crippen LogP contribution in [0.15, 0.2) is 206 Å². The van der Waals surface area contributed by atoms with Gasteiger partial charge in [0, 0.05) is 170 Å². The standard InChI is InChI=1S/C36H22O17.2C24H16O11.C18H12O8/c37-13-1-12(2-14(38)3-13)28-18(40)10-23(45)32-35(28)52-31-22(44)8-17(9-27(31)51-32)48-29-20(42)6-16(7-21(29)43)49-33-24(46)11-25(47)34-36(33)53-30-19(41)4-15(39)5-26(30)50-34;25-10-1-11(26)4-14(3-10)32-16-7-17(29)21-20(8-16)34-23-19(31)9-18(30)22(24(23)35-21)33-15-5-12(27)2-13(28)6-15;25-10-1-9(2-11(26)3-10)20-18(33-21-14(29)4-12(27)5-15(21)30)8-17(32)23-24(20)35-22-16(31)6-13(28)7-19(22)34-23;19-8-1-7(2-9(20)3-8)15-11(22)6-13(24)17-18(15)26-16-12(23)4-10(21)5-14(16)25-17/h1-11,37-47H;1-9,25-31H;1-8,25-32H;1-6,19-24H. The summed E-state index contributed by atoms with van der Waals surface area (Å²) in [5.41, 5.74) is 0.234. The van der Waals surface area contributed by atoms with Crippen molar-refractivity contribution in [3.63, 3.8) is 0 Å². The summed E-state index contributed by atoms with van der Waals surface area (Å²) < 4.78 is 85.0. The average Bonchev–Trinajstić information content (AvgIpc) is 0.639. The number of hydrogen-bond donors (Lipinski definition) is 32. The highest BCUT2D eigenvalue weighted by Gasteiger charge is 2.40. The zero-order chi connectivity index (χ0) is 106. The number of aromatic hydroxyl groups is 32. The zero-order valence-electron chi connectivity index (χ0n) is 74.1. The molecule has 47 heteroatoms. The number of fused-ring (bicyclic) bond motifs is 10. The number of hydrogen-bond acceptors (Lipinski definition) is 47. The third kappa shape index (κ3) is 18.5. The Balaban J connectivity index is 0.000000129. The molecule has 0 amide bonds. The molecule has 5 aliphatic rings. The van der Waals surface area contributed by atoms with Gasteiger partial charge in [-0.25, -0.2) is 0 Å². The van der Waals surface area contributed by atoms with E-state index < -0.39 is 132 Å². The first-order valence-electron chi connectivity index (χ1n) is 42.2. The van der Waals surface area contributed by atoms with E-state index in [1.54, 1.807) is 0 Å². The van der Waals surface area contributed by atoms with Gasteiger partial charge in [-0.3, -0.25) is 0 Å². The molecular formula is C102H66O47. The van der Waals surface area contributed by atoms with Crippen LogP contribution in [0.2, 0.25) is 0 Å². The number of ether oxygens (including phenoxy) is 15. The van der Waals surface area contributed by atoms with Gasteiger partial charge < -0.3 is 234 Å². The van der Waals surface area contributed by atoms with Crippen LogP contribution in [0.25, 0.3) is 33.4 Å². The van der Waals surface area contributed by atoms with Crippen molar-refractivity contribution in [2.24, 2.45) is 0 Å². The van der Waals surface area contributed by atoms with Gasteiger partial charge in [0.1, 0.15) is 126 Å². The van der Waals surface area contributed by atoms with E-state index in [-0.39, 0.29) is 258 Å². The van der Waals surface area contributed by atoms with Crippen LogP contribution in [-0.4, -0.2) is 163 Å². The van der Waals surface area contributed by atoms with Gasteiger partial charge in [0.05, 0.1) is 16.7 Å². The molecule has 47 nitrogen and oxygen atoms in total. The lowest BCUT2D eigenvalue weighted by atomic mass is 10.0. The number of benzene rings is 17. The van der Waals surface area contributed by atoms with Crippen LogP contribution in [0.3, 0.4) is 0 Å². The van der Waals surface area contributed by atoms with Gasteiger partial charge in [0.25, 0.3) is 0 Å². The largest absolute Gasteiger partial charge is 0.508 e. The molecule has 0 saturated heterocycles. The molecule has 0 aromatic heterocycles. The van der Waals surface area contributed by atoms with Crippen LogP contribution < -0.4 is 71.1 Å². The Morgan fingerprint density at radius 1 is 0.121 bits per heavy atom. The van der Waals surface area contributed by atoms with Crippen molar-refractivity contribution in [3.05, 3.63) is 206 Å². The van der Waals surface area contributed by atoms with Crippen LogP contribution in [0.4, 0.5) is 0 Å². The monoisotopic (exact) mass is 2040 g/mol. The lowest BCUT2D eigenvalue weighted by Gasteiger charge is -2.26. The van der Waals surface area contributed by atoms with E-state index in [1.165, 1.54) is 72.8 Å². The van der Waals surface area contributed by atoms with Crippen LogP contribution in [0, 0.1) is 0 Å². The Morgan fingerprint density at radius 2 is 0.322 bits per heavy atom. The molecule has 0 aliphatic carbocycles. The van der Waals surface area contributed by atoms with E-state index in [2.05, 4.69) is 0 Å². The smallest absolute Gasteiger partial charge is 0.220 e. The molecule has 0 fully saturated rings. The Kier molecular flexibility index (Phi) is 23.4. The first kappa shape index (κ1) is 95.3. The lowest BCUT2D eigenvalue weighted by molar-refractivity contribution is 0.298. The van der Waals surface area contributed by atoms with Gasteiger partial charge in [0.2, 0.25) is 92.0 Å². The van der Waals surface area contributed by atoms with E-state index in [1.807, 2.05) is 0 Å². The fraction of sp³-hybridized carbons (Fsp3) is 0. The number of phenolic OH excluding ortho intramolecular Hbond substituents is 32. The summed E-state index contributed by atoms with van der Waals surface area (Å²) in [6.07, 6.45) is 0. The topological polar surface area (TPSA) is 786 Å². The fourth-order valence-corrected chi connectivity index (χ4v) is 15.5. The van der Waals surface area contributed by atoms with Crippen molar-refractivity contribution in [1.82, 2.24) is 0 Å². The number of rotatable bonds is 13. The van der Waals surface area contributed by atoms with Gasteiger partial charge in [-0.1, -0.05) is 0 Å². The molecule has 32 N–H and O–H groups in total. The third-order valence-corrected chi connectivity index (χ3v) is 21.5. The van der Waals surface area contributed by atoms with Gasteiger partial charge in [-0.2, -0.15) is 0 Å². The molecule has 0 unspecified atom stereocenters. The maximum absolute atomic E-state index is 10.9. The minimum atomic E-state index is -0.713. The molecule has 5 aliphatic heterocycles. The second-order valence-corrected chi connectivity index (χ2v) is 32.3. The predicted molar refractivity (Wildman–Crippen MR) is 501 cm³/mol. The summed E-state index contributed by atoms with van der Waals surface area (Å²) in [6, 6.07) is 37.3. The third-order valence-electron chi connectivity index (χ3n) is 21.5. The first-order valence-corrected chi connectivity index (χ1v) is 42.2. The van der Waals surface area contributed by atoms with Gasteiger partial charge >= 0.3 is 0 Å². The van der Waals surface area contributed by atoms with Crippen molar-refractivity contribution >= 4 is 0 Å². The summed E-state index contributed by atoms with van der Waals surface area (Å²) in [7, 11) is 0. The van der Waals surface area contributed by atoms with Gasteiger partial charge in [-0.05, 0) is 53.1 Å². The second-order valence-electron chi connectivity index (χ2n) is 32.3. The highest BCUT2D eigenvalue weighted by molar-refractivity contribution is 5.90. The zero-order valence-corrected chi connectivity index (χ0v) is 74.1. The molecule has 17 aromatic rings. The average molecular weight is 2040 g/mol. The van der Waals surface area contributed by atoms with Crippen LogP contribution in [0.1, 0.15) is 0 Å². The molecule has 17 aromatic carbocycles. The van der Waals surface area contributed by atoms with Crippen molar-refractivity contribution in [1.29, 1.82) is 0 Å². The minimum Gasteiger partial charge on any atom is -0.508 e. The summed E-state index contributed by atoms with van der Waals surface area (Å²) in [5.74, 6) is -21.3. The van der Waals surface area contributed by atoms with Crippen LogP contribution >= 0.6 is 0 Å². The second kappa shape index (κ2) is 36.5. The summed E-state index contributed by atoms with van der Waals surface area (Å²) >= 11 is 0. The van der Waals surface area contributed by atoms with E-state index in [4.69, 9.17) is 71.1 Å². The number of phenols is 32. The normalized spacial score (nSPS) is 11.8. The van der Waals surface area contributed by atoms with Gasteiger partial charge in [-0.15, -0.1) is 0 Å². The maximum atomic E-state index is 10.9. The maximum Gasteiger partial charge on any atom is 0.220 e. The molecule has 22 rings (SSSR count). The highest BCUT2D eigenvalue weighted by Crippen LogP contribution is 2.68. The first-order chi connectivity index (χ1) is 70.8. The predicted octanol–water partition coefficient (Wildman–Crippen LogP) is 20.8. The van der Waals surface area contributed by atoms with Crippen molar-refractivity contribution < 1.29 is 234 Å². The molecular weight excluding hydrogens is 1980 g/mol. The Morgan fingerprint density at radius 3 is 0.671 bits per heavy atom. The Bertz CT molecular complexity index is 8340. The molecule has 149 heavy (non-hydrogen) atoms. The molecule has 0 bridgehead atoms. The van der Waals surface area contributed by atoms with Crippen LogP contribution in [0.5, 0.6) is 356 Å². The molecule has 5 heterocycles. The highest BCUT2D eigenvalue weighted by atomic mass is 16.6. The van der Waals surface area contributed by atoms with Gasteiger partial charge in [0.15, 0.2) is 138 Å². The van der Waals surface area contributed by atoms with E-state index >= 15 is 0 Å². The van der Waals surface area contributed by atoms with Crippen molar-refractivity contribution in [3.8, 4) is 390 Å². The van der Waals surface area contributed by atoms with E-state index in [0.717, 1.165) is 133 Å². The minimum absolute atomic E-state index is 0.0159. The molecule has 0 radical (unpaired) electrons. The van der Waals surface area contributed by atoms with E-state index in [0.29, 0.717) is 0 Å². The SMILES string of the molecule is Oc1cc(O)cc(-c2c(O)cc(O)c3c2Oc2c(O)cc(O)cc2O3)c1.Oc1cc(O)cc(-c2c(O)cc(O)c3c2Oc2c(O)cc(Oc4c(O)cc(Oc5c(O)cc(O)c6c5Oc5c(O)cc(O)cc5O6)cc4O)cc2O3)c1.Oc1cc(O)cc(-c2c(Oc3c(O)cc(O)cc3O)cc(O)c3c2Oc2c(O)cc(O)cc2O3)c1.Oc1cc(O)cc(Oc2cc(O)c3c(c2)Oc2c(O)cc(O)c(Oc4cc(O)cc(O)c4)c2O3)c1. The summed E-state index contributed by atoms with van der Waals surface area (Å²) in [6.45, 7) is 0. The van der Waals surface area contributed by atoms with Crippen molar-refractivity contribution in [2.45, 2.75) is 0 Å². The molecule has 0 saturated carbocycles. The lowest BCUT2D eigenvalue weighted by Crippen LogP contribution is -2.03. The van der Waals surface area contributed by atoms with Crippen LogP contribution in [-0.2, 0) is 0 Å². The molecule has 0 atom stereocenters. The summed E-state index contributed by atoms with van der Waals surface area (Å²) in [5, 5.41) is 325. The molecule has 756 valence electrons. The Labute approximate surface area is 826 Å². The van der Waals surface area contributed by atoms with Crippen molar-refractivity contribution in [2.75, 3.05) is 0 Å². The quantitative estimate of drug-likeness (QED) is 0.0510. The fourth-order valence-electron chi connectivity index (χ4n) is 15.5. The summed E-state index contributed by atoms with van der Waals surface area (Å²) in [4.78, 5) is 0. The van der Waals surface area contributed by atoms with E-state index in [9.17, 15) is 163 Å². The molecule has 0 spiro atoms. The Hall–Kier alpha value is -22.7.